The topological polar surface area (TPSA) is 80.0 Å². The minimum atomic E-state index is -0.589. The molecule has 1 amide bonds. The van der Waals surface area contributed by atoms with E-state index in [0.717, 1.165) is 23.1 Å². The average molecular weight is 450 g/mol. The number of aliphatic hydroxyl groups is 1. The monoisotopic (exact) mass is 449 g/mol. The maximum absolute atomic E-state index is 13.7. The summed E-state index contributed by atoms with van der Waals surface area (Å²) in [4.78, 5) is 28.7. The molecule has 0 aliphatic carbocycles. The molecule has 174 valence electrons. The van der Waals surface area contributed by atoms with Crippen LogP contribution in [0.3, 0.4) is 0 Å². The predicted octanol–water partition coefficient (Wildman–Crippen LogP) is 4.76. The lowest BCUT2D eigenvalue weighted by Crippen LogP contribution is -2.31. The fraction of sp³-hybridized carbons (Fsp3) is 0.407. The van der Waals surface area contributed by atoms with Gasteiger partial charge in [0.15, 0.2) is 5.43 Å². The zero-order valence-corrected chi connectivity index (χ0v) is 19.7. The van der Waals surface area contributed by atoms with Crippen molar-refractivity contribution >= 4 is 16.9 Å². The Kier molecular flexibility index (Phi) is 6.56. The Morgan fingerprint density at radius 3 is 2.67 bits per heavy atom. The van der Waals surface area contributed by atoms with Crippen molar-refractivity contribution in [2.24, 2.45) is 5.92 Å². The van der Waals surface area contributed by atoms with Crippen molar-refractivity contribution in [2.75, 3.05) is 19.8 Å². The van der Waals surface area contributed by atoms with Crippen LogP contribution in [-0.4, -0.2) is 35.7 Å². The first-order valence-electron chi connectivity index (χ1n) is 11.5. The Labute approximate surface area is 193 Å². The molecule has 0 radical (unpaired) electrons. The molecule has 33 heavy (non-hydrogen) atoms. The molecule has 1 atom stereocenters. The summed E-state index contributed by atoms with van der Waals surface area (Å²) in [6, 6.07) is 10.7. The molecule has 0 fully saturated rings. The molecule has 0 saturated heterocycles. The second kappa shape index (κ2) is 9.40. The number of hydrogen-bond donors (Lipinski definition) is 1. The SMILES string of the molecule is Cc1cc(C)c2oc3c(c(=O)c2c1)[C@H](c1cccc(OCCC(C)C)c1)N(CCCO)C3=O. The van der Waals surface area contributed by atoms with E-state index < -0.39 is 6.04 Å². The number of aliphatic hydroxyl groups excluding tert-OH is 1. The quantitative estimate of drug-likeness (QED) is 0.536. The number of carbonyl (C=O) groups is 1. The van der Waals surface area contributed by atoms with E-state index in [2.05, 4.69) is 13.8 Å². The van der Waals surface area contributed by atoms with Gasteiger partial charge in [0.05, 0.1) is 23.6 Å². The van der Waals surface area contributed by atoms with E-state index in [0.29, 0.717) is 47.8 Å². The maximum atomic E-state index is 13.7. The number of aryl methyl sites for hydroxylation is 2. The van der Waals surface area contributed by atoms with Crippen LogP contribution < -0.4 is 10.2 Å². The molecule has 0 bridgehead atoms. The molecule has 6 nitrogen and oxygen atoms in total. The molecule has 1 N–H and O–H groups in total. The van der Waals surface area contributed by atoms with Crippen LogP contribution in [0.2, 0.25) is 0 Å². The van der Waals surface area contributed by atoms with E-state index in [4.69, 9.17) is 9.15 Å². The fourth-order valence-electron chi connectivity index (χ4n) is 4.48. The number of ether oxygens (including phenoxy) is 1. The van der Waals surface area contributed by atoms with Gasteiger partial charge < -0.3 is 19.2 Å². The Morgan fingerprint density at radius 1 is 1.15 bits per heavy atom. The molecule has 4 rings (SSSR count). The molecule has 0 spiro atoms. The van der Waals surface area contributed by atoms with E-state index in [1.165, 1.54) is 0 Å². The molecule has 3 aromatic rings. The number of fused-ring (bicyclic) bond motifs is 2. The molecular weight excluding hydrogens is 418 g/mol. The maximum Gasteiger partial charge on any atom is 0.290 e. The normalized spacial score (nSPS) is 15.5. The van der Waals surface area contributed by atoms with E-state index in [1.807, 2.05) is 50.2 Å². The van der Waals surface area contributed by atoms with Crippen LogP contribution in [-0.2, 0) is 0 Å². The van der Waals surface area contributed by atoms with Crippen molar-refractivity contribution in [1.82, 2.24) is 4.90 Å². The van der Waals surface area contributed by atoms with Crippen LogP contribution in [0.5, 0.6) is 5.75 Å². The van der Waals surface area contributed by atoms with Gasteiger partial charge in [-0.05, 0) is 67.5 Å². The van der Waals surface area contributed by atoms with Crippen LogP contribution in [0.25, 0.3) is 11.0 Å². The molecule has 0 unspecified atom stereocenters. The first-order valence-corrected chi connectivity index (χ1v) is 11.5. The summed E-state index contributed by atoms with van der Waals surface area (Å²) in [5.41, 5.74) is 3.20. The van der Waals surface area contributed by atoms with Crippen LogP contribution in [0.1, 0.15) is 65.5 Å². The first-order chi connectivity index (χ1) is 15.8. The molecule has 0 saturated carbocycles. The van der Waals surface area contributed by atoms with E-state index in [9.17, 15) is 14.7 Å². The molecule has 2 aromatic carbocycles. The molecule has 6 heteroatoms. The highest BCUT2D eigenvalue weighted by Gasteiger charge is 2.42. The van der Waals surface area contributed by atoms with Crippen molar-refractivity contribution in [3.63, 3.8) is 0 Å². The molecule has 1 aromatic heterocycles. The van der Waals surface area contributed by atoms with Gasteiger partial charge in [-0.25, -0.2) is 0 Å². The highest BCUT2D eigenvalue weighted by Crippen LogP contribution is 2.39. The van der Waals surface area contributed by atoms with Gasteiger partial charge in [-0.1, -0.05) is 32.0 Å². The van der Waals surface area contributed by atoms with Crippen molar-refractivity contribution in [2.45, 2.75) is 46.6 Å². The summed E-state index contributed by atoms with van der Waals surface area (Å²) >= 11 is 0. The van der Waals surface area contributed by atoms with Gasteiger partial charge in [0.2, 0.25) is 5.76 Å². The van der Waals surface area contributed by atoms with Crippen molar-refractivity contribution in [3.05, 3.63) is 74.6 Å². The van der Waals surface area contributed by atoms with Gasteiger partial charge in [-0.2, -0.15) is 0 Å². The number of carbonyl (C=O) groups excluding carboxylic acids is 1. The minimum absolute atomic E-state index is 0.0488. The Hall–Kier alpha value is -3.12. The van der Waals surface area contributed by atoms with Crippen molar-refractivity contribution in [1.29, 1.82) is 0 Å². The van der Waals surface area contributed by atoms with Gasteiger partial charge in [0.25, 0.3) is 5.91 Å². The summed E-state index contributed by atoms with van der Waals surface area (Å²) < 4.78 is 12.0. The Bertz CT molecular complexity index is 1240. The third kappa shape index (κ3) is 4.40. The van der Waals surface area contributed by atoms with Gasteiger partial charge in [0.1, 0.15) is 11.3 Å². The zero-order valence-electron chi connectivity index (χ0n) is 19.7. The minimum Gasteiger partial charge on any atom is -0.494 e. The third-order valence-electron chi connectivity index (χ3n) is 6.09. The Balaban J connectivity index is 1.84. The van der Waals surface area contributed by atoms with Crippen LogP contribution in [0.15, 0.2) is 45.6 Å². The summed E-state index contributed by atoms with van der Waals surface area (Å²) in [5, 5.41) is 9.89. The summed E-state index contributed by atoms with van der Waals surface area (Å²) in [6.07, 6.45) is 1.35. The van der Waals surface area contributed by atoms with Crippen LogP contribution in [0, 0.1) is 19.8 Å². The van der Waals surface area contributed by atoms with Crippen LogP contribution >= 0.6 is 0 Å². The number of benzene rings is 2. The predicted molar refractivity (Wildman–Crippen MR) is 128 cm³/mol. The lowest BCUT2D eigenvalue weighted by Gasteiger charge is -2.25. The standard InChI is InChI=1S/C27H31NO5/c1-16(2)9-12-32-20-8-5-7-19(15-20)23-22-24(30)21-14-17(3)13-18(4)25(21)33-26(22)27(31)28(23)10-6-11-29/h5,7-8,13-16,23,29H,6,9-12H2,1-4H3/t23-/m0/s1. The third-order valence-corrected chi connectivity index (χ3v) is 6.09. The molecule has 1 aliphatic heterocycles. The highest BCUT2D eigenvalue weighted by atomic mass is 16.5. The second-order valence-electron chi connectivity index (χ2n) is 9.21. The summed E-state index contributed by atoms with van der Waals surface area (Å²) in [6.45, 7) is 8.97. The molecule has 2 heterocycles. The van der Waals surface area contributed by atoms with Crippen molar-refractivity contribution in [3.8, 4) is 5.75 Å². The van der Waals surface area contributed by atoms with Gasteiger partial charge >= 0.3 is 0 Å². The van der Waals surface area contributed by atoms with E-state index in [-0.39, 0.29) is 23.7 Å². The lowest BCUT2D eigenvalue weighted by atomic mass is 9.97. The molecule has 1 aliphatic rings. The first kappa shape index (κ1) is 23.1. The smallest absolute Gasteiger partial charge is 0.290 e. The van der Waals surface area contributed by atoms with E-state index >= 15 is 0 Å². The number of nitrogens with zero attached hydrogens (tertiary/aromatic N) is 1. The van der Waals surface area contributed by atoms with Crippen molar-refractivity contribution < 1.29 is 19.1 Å². The summed E-state index contributed by atoms with van der Waals surface area (Å²) in [5.74, 6) is 1.00. The number of hydrogen-bond acceptors (Lipinski definition) is 5. The average Bonchev–Trinajstić information content (AvgIpc) is 3.05. The van der Waals surface area contributed by atoms with Gasteiger partial charge in [-0.3, -0.25) is 9.59 Å². The van der Waals surface area contributed by atoms with E-state index in [1.54, 1.807) is 4.90 Å². The summed E-state index contributed by atoms with van der Waals surface area (Å²) in [7, 11) is 0. The highest BCUT2D eigenvalue weighted by molar-refractivity contribution is 5.99. The number of amides is 1. The second-order valence-corrected chi connectivity index (χ2v) is 9.21. The Morgan fingerprint density at radius 2 is 1.94 bits per heavy atom. The molecular formula is C27H31NO5. The largest absolute Gasteiger partial charge is 0.494 e. The zero-order chi connectivity index (χ0) is 23.7. The lowest BCUT2D eigenvalue weighted by molar-refractivity contribution is 0.0716. The van der Waals surface area contributed by atoms with Gasteiger partial charge in [0, 0.05) is 13.2 Å². The van der Waals surface area contributed by atoms with Gasteiger partial charge in [-0.15, -0.1) is 0 Å². The van der Waals surface area contributed by atoms with Crippen LogP contribution in [0.4, 0.5) is 0 Å². The number of rotatable bonds is 8. The fourth-order valence-corrected chi connectivity index (χ4v) is 4.48.